The topological polar surface area (TPSA) is 134 Å². The number of ether oxygens (including phenoxy) is 1. The molecule has 3 heterocycles. The van der Waals surface area contributed by atoms with Crippen molar-refractivity contribution in [1.82, 2.24) is 24.8 Å². The van der Waals surface area contributed by atoms with Crippen molar-refractivity contribution in [3.05, 3.63) is 71.9 Å². The second-order valence-corrected chi connectivity index (χ2v) is 7.64. The monoisotopic (exact) mass is 455 g/mol. The maximum atomic E-state index is 12.5. The second-order valence-electron chi connectivity index (χ2n) is 7.64. The van der Waals surface area contributed by atoms with Crippen LogP contribution in [0.4, 0.5) is 11.5 Å². The zero-order valence-electron chi connectivity index (χ0n) is 18.5. The molecule has 3 aromatic heterocycles. The zero-order chi connectivity index (χ0) is 23.7. The van der Waals surface area contributed by atoms with Crippen molar-refractivity contribution >= 4 is 28.4 Å². The molecule has 0 fully saturated rings. The van der Waals surface area contributed by atoms with Gasteiger partial charge in [-0.2, -0.15) is 0 Å². The third kappa shape index (κ3) is 4.04. The molecule has 0 radical (unpaired) electrons. The lowest BCUT2D eigenvalue weighted by Gasteiger charge is -2.09. The number of carbonyl (C=O) groups excluding carboxylic acids is 1. The number of imidazole rings is 1. The maximum Gasteiger partial charge on any atom is 0.255 e. The van der Waals surface area contributed by atoms with Crippen LogP contribution in [0.1, 0.15) is 22.8 Å². The number of benzene rings is 2. The van der Waals surface area contributed by atoms with Crippen LogP contribution in [0.15, 0.2) is 65.4 Å². The van der Waals surface area contributed by atoms with Gasteiger partial charge in [-0.3, -0.25) is 4.79 Å². The molecule has 0 saturated carbocycles. The number of amides is 1. The lowest BCUT2D eigenvalue weighted by atomic mass is 10.1. The molecule has 2 aromatic carbocycles. The zero-order valence-corrected chi connectivity index (χ0v) is 18.5. The minimum absolute atomic E-state index is 0.166. The number of fused-ring (bicyclic) bond motifs is 1. The van der Waals surface area contributed by atoms with Crippen LogP contribution in [0.3, 0.4) is 0 Å². The predicted octanol–water partition coefficient (Wildman–Crippen LogP) is 4.44. The molecular formula is C24H21N7O3. The molecule has 10 heteroatoms. The molecule has 5 rings (SSSR count). The van der Waals surface area contributed by atoms with E-state index < -0.39 is 0 Å². The lowest BCUT2D eigenvalue weighted by Crippen LogP contribution is -2.11. The summed E-state index contributed by atoms with van der Waals surface area (Å²) in [6.45, 7) is 4.57. The van der Waals surface area contributed by atoms with Crippen molar-refractivity contribution < 1.29 is 14.2 Å². The Kier molecular flexibility index (Phi) is 5.38. The SMILES string of the molecule is CCn1c(-c2nonc2N)nc2cnc(Oc3cccc(NC(=O)c4ccc(C)cc4)c3)cc21. The Morgan fingerprint density at radius 3 is 2.71 bits per heavy atom. The van der Waals surface area contributed by atoms with Gasteiger partial charge in [0.15, 0.2) is 17.3 Å². The highest BCUT2D eigenvalue weighted by Crippen LogP contribution is 2.30. The van der Waals surface area contributed by atoms with E-state index in [0.29, 0.717) is 46.5 Å². The molecule has 0 aliphatic rings. The van der Waals surface area contributed by atoms with Crippen LogP contribution < -0.4 is 15.8 Å². The summed E-state index contributed by atoms with van der Waals surface area (Å²) >= 11 is 0. The molecule has 1 amide bonds. The van der Waals surface area contributed by atoms with Crippen LogP contribution in [0.5, 0.6) is 11.6 Å². The van der Waals surface area contributed by atoms with E-state index in [1.807, 2.05) is 30.5 Å². The lowest BCUT2D eigenvalue weighted by molar-refractivity contribution is 0.102. The number of aryl methyl sites for hydroxylation is 2. The Bertz CT molecular complexity index is 1490. The number of pyridine rings is 1. The number of aromatic nitrogens is 5. The van der Waals surface area contributed by atoms with Gasteiger partial charge in [-0.1, -0.05) is 23.8 Å². The number of nitrogens with two attached hydrogens (primary N) is 1. The number of hydrogen-bond donors (Lipinski definition) is 2. The Labute approximate surface area is 194 Å². The standard InChI is InChI=1S/C24H21N7O3/c1-3-31-19-12-20(26-13-18(19)28-23(31)21-22(25)30-34-29-21)33-17-6-4-5-16(11-17)27-24(32)15-9-7-14(2)8-10-15/h4-13H,3H2,1-2H3,(H2,25,30)(H,27,32). The number of nitrogen functional groups attached to an aromatic ring is 1. The highest BCUT2D eigenvalue weighted by atomic mass is 16.6. The van der Waals surface area contributed by atoms with Crippen LogP contribution in [-0.2, 0) is 6.54 Å². The Hall–Kier alpha value is -4.73. The molecule has 3 N–H and O–H groups in total. The molecule has 10 nitrogen and oxygen atoms in total. The predicted molar refractivity (Wildman–Crippen MR) is 127 cm³/mol. The summed E-state index contributed by atoms with van der Waals surface area (Å²) in [6, 6.07) is 16.3. The van der Waals surface area contributed by atoms with E-state index in [1.165, 1.54) is 0 Å². The molecule has 0 saturated heterocycles. The Balaban J connectivity index is 1.39. The van der Waals surface area contributed by atoms with Crippen molar-refractivity contribution in [2.24, 2.45) is 0 Å². The van der Waals surface area contributed by atoms with E-state index in [0.717, 1.165) is 11.1 Å². The van der Waals surface area contributed by atoms with E-state index in [9.17, 15) is 4.79 Å². The first-order chi connectivity index (χ1) is 16.5. The summed E-state index contributed by atoms with van der Waals surface area (Å²) in [5.41, 5.74) is 9.96. The van der Waals surface area contributed by atoms with Crippen LogP contribution in [-0.4, -0.2) is 30.8 Å². The van der Waals surface area contributed by atoms with Crippen LogP contribution in [0.2, 0.25) is 0 Å². The van der Waals surface area contributed by atoms with Crippen LogP contribution in [0.25, 0.3) is 22.6 Å². The number of hydrogen-bond acceptors (Lipinski definition) is 8. The van der Waals surface area contributed by atoms with Gasteiger partial charge in [0.25, 0.3) is 5.91 Å². The van der Waals surface area contributed by atoms with Gasteiger partial charge in [0.1, 0.15) is 11.3 Å². The number of nitrogens with one attached hydrogen (secondary N) is 1. The van der Waals surface area contributed by atoms with Gasteiger partial charge >= 0.3 is 0 Å². The second kappa shape index (κ2) is 8.66. The van der Waals surface area contributed by atoms with Crippen molar-refractivity contribution in [3.63, 3.8) is 0 Å². The summed E-state index contributed by atoms with van der Waals surface area (Å²) in [4.78, 5) is 21.5. The Morgan fingerprint density at radius 2 is 1.97 bits per heavy atom. The molecule has 0 bridgehead atoms. The fourth-order valence-electron chi connectivity index (χ4n) is 3.58. The number of carbonyl (C=O) groups is 1. The normalized spacial score (nSPS) is 11.0. The molecule has 0 spiro atoms. The quantitative estimate of drug-likeness (QED) is 0.384. The minimum Gasteiger partial charge on any atom is -0.439 e. The smallest absolute Gasteiger partial charge is 0.255 e. The molecule has 34 heavy (non-hydrogen) atoms. The van der Waals surface area contributed by atoms with Gasteiger partial charge in [-0.05, 0) is 48.4 Å². The van der Waals surface area contributed by atoms with E-state index in [4.69, 9.17) is 15.1 Å². The first-order valence-corrected chi connectivity index (χ1v) is 10.6. The first-order valence-electron chi connectivity index (χ1n) is 10.6. The number of anilines is 2. The van der Waals surface area contributed by atoms with Gasteiger partial charge in [-0.25, -0.2) is 14.6 Å². The molecule has 0 unspecified atom stereocenters. The summed E-state index contributed by atoms with van der Waals surface area (Å²) in [7, 11) is 0. The van der Waals surface area contributed by atoms with Crippen molar-refractivity contribution in [2.45, 2.75) is 20.4 Å². The first kappa shape index (κ1) is 21.1. The van der Waals surface area contributed by atoms with Gasteiger partial charge < -0.3 is 20.4 Å². The fraction of sp³-hybridized carbons (Fsp3) is 0.125. The van der Waals surface area contributed by atoms with Crippen LogP contribution in [0, 0.1) is 6.92 Å². The van der Waals surface area contributed by atoms with Crippen molar-refractivity contribution in [2.75, 3.05) is 11.1 Å². The molecular weight excluding hydrogens is 434 g/mol. The summed E-state index contributed by atoms with van der Waals surface area (Å²) in [5.74, 6) is 1.41. The maximum absolute atomic E-state index is 12.5. The summed E-state index contributed by atoms with van der Waals surface area (Å²) in [5, 5.41) is 10.4. The van der Waals surface area contributed by atoms with Gasteiger partial charge in [0.2, 0.25) is 5.88 Å². The fourth-order valence-corrected chi connectivity index (χ4v) is 3.58. The van der Waals surface area contributed by atoms with Crippen molar-refractivity contribution in [1.29, 1.82) is 0 Å². The van der Waals surface area contributed by atoms with E-state index in [1.54, 1.807) is 48.7 Å². The van der Waals surface area contributed by atoms with E-state index >= 15 is 0 Å². The number of nitrogens with zero attached hydrogens (tertiary/aromatic N) is 5. The van der Waals surface area contributed by atoms with Gasteiger partial charge in [-0.15, -0.1) is 0 Å². The minimum atomic E-state index is -0.197. The third-order valence-electron chi connectivity index (χ3n) is 5.28. The van der Waals surface area contributed by atoms with Crippen molar-refractivity contribution in [3.8, 4) is 23.1 Å². The number of rotatable bonds is 6. The average molecular weight is 455 g/mol. The highest BCUT2D eigenvalue weighted by Gasteiger charge is 2.19. The average Bonchev–Trinajstić information content (AvgIpc) is 3.42. The molecule has 0 aliphatic carbocycles. The summed E-state index contributed by atoms with van der Waals surface area (Å²) < 4.78 is 12.6. The Morgan fingerprint density at radius 1 is 1.15 bits per heavy atom. The highest BCUT2D eigenvalue weighted by molar-refractivity contribution is 6.04. The van der Waals surface area contributed by atoms with Crippen LogP contribution >= 0.6 is 0 Å². The largest absolute Gasteiger partial charge is 0.439 e. The van der Waals surface area contributed by atoms with E-state index in [2.05, 4.69) is 25.6 Å². The molecule has 170 valence electrons. The molecule has 0 aliphatic heterocycles. The third-order valence-corrected chi connectivity index (χ3v) is 5.28. The summed E-state index contributed by atoms with van der Waals surface area (Å²) in [6.07, 6.45) is 1.62. The molecule has 5 aromatic rings. The van der Waals surface area contributed by atoms with E-state index in [-0.39, 0.29) is 11.7 Å². The van der Waals surface area contributed by atoms with Gasteiger partial charge in [0, 0.05) is 29.9 Å². The van der Waals surface area contributed by atoms with Gasteiger partial charge in [0.05, 0.1) is 11.7 Å². The molecule has 0 atom stereocenters.